The van der Waals surface area contributed by atoms with Crippen LogP contribution in [0.3, 0.4) is 0 Å². The third-order valence-corrected chi connectivity index (χ3v) is 5.24. The summed E-state index contributed by atoms with van der Waals surface area (Å²) in [6, 6.07) is 6.67. The van der Waals surface area contributed by atoms with Crippen molar-refractivity contribution in [2.75, 3.05) is 31.1 Å². The Bertz CT molecular complexity index is 703. The van der Waals surface area contributed by atoms with Crippen molar-refractivity contribution >= 4 is 23.5 Å². The molecule has 6 nitrogen and oxygen atoms in total. The van der Waals surface area contributed by atoms with Crippen LogP contribution < -0.4 is 4.90 Å². The summed E-state index contributed by atoms with van der Waals surface area (Å²) in [4.78, 5) is 40.6. The smallest absolute Gasteiger partial charge is 0.340 e. The molecule has 0 aliphatic carbocycles. The van der Waals surface area contributed by atoms with Crippen molar-refractivity contribution < 1.29 is 19.1 Å². The number of carbonyl (C=O) groups is 3. The maximum Gasteiger partial charge on any atom is 0.340 e. The number of likely N-dealkylation sites (tertiary alicyclic amines) is 1. The van der Waals surface area contributed by atoms with E-state index < -0.39 is 5.97 Å². The Morgan fingerprint density at radius 1 is 1.27 bits per heavy atom. The van der Waals surface area contributed by atoms with E-state index in [1.807, 2.05) is 0 Å². The highest BCUT2D eigenvalue weighted by Gasteiger charge is 2.38. The van der Waals surface area contributed by atoms with Crippen LogP contribution in [0.1, 0.15) is 43.5 Å². The number of nitrogens with zero attached hydrogens (tertiary/aromatic N) is 2. The molecule has 2 saturated heterocycles. The second kappa shape index (κ2) is 7.99. The Kier molecular flexibility index (Phi) is 5.71. The van der Waals surface area contributed by atoms with Gasteiger partial charge in [0.05, 0.1) is 17.9 Å². The molecule has 2 aliphatic heterocycles. The van der Waals surface area contributed by atoms with Gasteiger partial charge in [0, 0.05) is 24.8 Å². The second-order valence-corrected chi connectivity index (χ2v) is 7.19. The minimum atomic E-state index is -0.477. The molecule has 0 radical (unpaired) electrons. The summed E-state index contributed by atoms with van der Waals surface area (Å²) >= 11 is 0. The first-order chi connectivity index (χ1) is 12.5. The van der Waals surface area contributed by atoms with E-state index in [-0.39, 0.29) is 29.7 Å². The number of esters is 1. The number of rotatable bonds is 5. The summed E-state index contributed by atoms with van der Waals surface area (Å²) in [6.07, 6.45) is 2.34. The molecule has 3 rings (SSSR count). The highest BCUT2D eigenvalue weighted by atomic mass is 16.5. The minimum Gasteiger partial charge on any atom is -0.462 e. The molecule has 2 aliphatic rings. The van der Waals surface area contributed by atoms with Gasteiger partial charge < -0.3 is 9.64 Å². The lowest BCUT2D eigenvalue weighted by Gasteiger charge is -2.31. The van der Waals surface area contributed by atoms with Crippen LogP contribution in [-0.2, 0) is 14.3 Å². The number of amides is 2. The number of piperidine rings is 1. The van der Waals surface area contributed by atoms with Crippen molar-refractivity contribution in [3.8, 4) is 0 Å². The van der Waals surface area contributed by atoms with E-state index in [0.717, 1.165) is 37.4 Å². The van der Waals surface area contributed by atoms with Crippen LogP contribution in [0.5, 0.6) is 0 Å². The Morgan fingerprint density at radius 2 is 2.04 bits per heavy atom. The van der Waals surface area contributed by atoms with Gasteiger partial charge in [-0.2, -0.15) is 0 Å². The highest BCUT2D eigenvalue weighted by molar-refractivity contribution is 6.22. The zero-order valence-corrected chi connectivity index (χ0v) is 15.4. The number of anilines is 1. The molecule has 2 amide bonds. The van der Waals surface area contributed by atoms with E-state index in [1.165, 1.54) is 0 Å². The van der Waals surface area contributed by atoms with Crippen molar-refractivity contribution in [1.82, 2.24) is 4.90 Å². The highest BCUT2D eigenvalue weighted by Crippen LogP contribution is 2.29. The molecule has 6 heteroatoms. The Hall–Kier alpha value is -2.21. The van der Waals surface area contributed by atoms with Crippen LogP contribution in [0.25, 0.3) is 0 Å². The molecule has 0 aromatic heterocycles. The maximum atomic E-state index is 12.6. The first-order valence-electron chi connectivity index (χ1n) is 9.36. The molecule has 140 valence electrons. The SMILES string of the molecule is CCN1CCC[C@H](COC(=O)c2ccccc2N2C(=O)C[C@H](C)C2=O)C1. The summed E-state index contributed by atoms with van der Waals surface area (Å²) in [7, 11) is 0. The molecule has 26 heavy (non-hydrogen) atoms. The van der Waals surface area contributed by atoms with E-state index in [1.54, 1.807) is 31.2 Å². The van der Waals surface area contributed by atoms with E-state index in [9.17, 15) is 14.4 Å². The van der Waals surface area contributed by atoms with Crippen LogP contribution in [0.2, 0.25) is 0 Å². The first kappa shape index (κ1) is 18.6. The molecular weight excluding hydrogens is 332 g/mol. The van der Waals surface area contributed by atoms with Gasteiger partial charge in [-0.15, -0.1) is 0 Å². The second-order valence-electron chi connectivity index (χ2n) is 7.19. The van der Waals surface area contributed by atoms with Crippen LogP contribution >= 0.6 is 0 Å². The topological polar surface area (TPSA) is 66.9 Å². The lowest BCUT2D eigenvalue weighted by Crippen LogP contribution is -2.37. The molecule has 0 unspecified atom stereocenters. The molecule has 0 spiro atoms. The predicted molar refractivity (Wildman–Crippen MR) is 97.8 cm³/mol. The number of carbonyl (C=O) groups excluding carboxylic acids is 3. The fourth-order valence-corrected chi connectivity index (χ4v) is 3.72. The summed E-state index contributed by atoms with van der Waals surface area (Å²) in [5.74, 6) is -1.03. The van der Waals surface area contributed by atoms with Crippen molar-refractivity contribution in [2.45, 2.75) is 33.1 Å². The van der Waals surface area contributed by atoms with Crippen molar-refractivity contribution in [3.05, 3.63) is 29.8 Å². The average molecular weight is 358 g/mol. The Labute approximate surface area is 154 Å². The fraction of sp³-hybridized carbons (Fsp3) is 0.550. The molecule has 2 atom stereocenters. The summed E-state index contributed by atoms with van der Waals surface area (Å²) in [5.41, 5.74) is 0.599. The van der Waals surface area contributed by atoms with Crippen LogP contribution in [0.15, 0.2) is 24.3 Å². The first-order valence-corrected chi connectivity index (χ1v) is 9.36. The summed E-state index contributed by atoms with van der Waals surface area (Å²) in [6.45, 7) is 7.26. The molecule has 1 aromatic rings. The zero-order chi connectivity index (χ0) is 18.7. The number of benzene rings is 1. The van der Waals surface area contributed by atoms with Gasteiger partial charge in [0.15, 0.2) is 0 Å². The Morgan fingerprint density at radius 3 is 2.73 bits per heavy atom. The number of ether oxygens (including phenoxy) is 1. The number of imide groups is 1. The lowest BCUT2D eigenvalue weighted by atomic mass is 9.99. The number of hydrogen-bond donors (Lipinski definition) is 0. The normalized spacial score (nSPS) is 24.2. The van der Waals surface area contributed by atoms with Gasteiger partial charge in [-0.3, -0.25) is 9.59 Å². The van der Waals surface area contributed by atoms with Crippen LogP contribution in [0.4, 0.5) is 5.69 Å². The average Bonchev–Trinajstić information content (AvgIpc) is 2.91. The van der Waals surface area contributed by atoms with E-state index in [4.69, 9.17) is 4.74 Å². The van der Waals surface area contributed by atoms with Gasteiger partial charge >= 0.3 is 5.97 Å². The van der Waals surface area contributed by atoms with Crippen molar-refractivity contribution in [2.24, 2.45) is 11.8 Å². The van der Waals surface area contributed by atoms with Gasteiger partial charge in [0.2, 0.25) is 11.8 Å². The third kappa shape index (κ3) is 3.80. The van der Waals surface area contributed by atoms with Gasteiger partial charge in [-0.05, 0) is 38.1 Å². The number of hydrogen-bond acceptors (Lipinski definition) is 5. The van der Waals surface area contributed by atoms with Gasteiger partial charge in [0.1, 0.15) is 0 Å². The van der Waals surface area contributed by atoms with E-state index in [2.05, 4.69) is 11.8 Å². The van der Waals surface area contributed by atoms with Crippen molar-refractivity contribution in [3.63, 3.8) is 0 Å². The molecule has 1 aromatic carbocycles. The quantitative estimate of drug-likeness (QED) is 0.597. The molecule has 0 bridgehead atoms. The molecule has 0 saturated carbocycles. The summed E-state index contributed by atoms with van der Waals surface area (Å²) < 4.78 is 5.54. The molecule has 2 heterocycles. The van der Waals surface area contributed by atoms with Crippen LogP contribution in [-0.4, -0.2) is 48.9 Å². The van der Waals surface area contributed by atoms with Gasteiger partial charge in [0.25, 0.3) is 0 Å². The van der Waals surface area contributed by atoms with Gasteiger partial charge in [-0.25, -0.2) is 9.69 Å². The molecular formula is C20H26N2O4. The molecule has 2 fully saturated rings. The fourth-order valence-electron chi connectivity index (χ4n) is 3.72. The largest absolute Gasteiger partial charge is 0.462 e. The monoisotopic (exact) mass is 358 g/mol. The van der Waals surface area contributed by atoms with E-state index in [0.29, 0.717) is 18.2 Å². The lowest BCUT2D eigenvalue weighted by molar-refractivity contribution is -0.122. The Balaban J connectivity index is 1.70. The number of para-hydroxylation sites is 1. The molecule has 0 N–H and O–H groups in total. The van der Waals surface area contributed by atoms with E-state index >= 15 is 0 Å². The van der Waals surface area contributed by atoms with Crippen LogP contribution in [0, 0.1) is 11.8 Å². The van der Waals surface area contributed by atoms with Crippen molar-refractivity contribution in [1.29, 1.82) is 0 Å². The minimum absolute atomic E-state index is 0.178. The van der Waals surface area contributed by atoms with Gasteiger partial charge in [-0.1, -0.05) is 26.0 Å². The maximum absolute atomic E-state index is 12.6. The summed E-state index contributed by atoms with van der Waals surface area (Å²) in [5, 5.41) is 0. The predicted octanol–water partition coefficient (Wildman–Crippen LogP) is 2.47. The third-order valence-electron chi connectivity index (χ3n) is 5.24. The zero-order valence-electron chi connectivity index (χ0n) is 15.4. The standard InChI is InChI=1S/C20H26N2O4/c1-3-21-10-6-7-15(12-21)13-26-20(25)16-8-4-5-9-17(16)22-18(23)11-14(2)19(22)24/h4-5,8-9,14-15H,3,6-7,10-13H2,1-2H3/t14-,15-/m0/s1.